The van der Waals surface area contributed by atoms with Gasteiger partial charge in [0.25, 0.3) is 0 Å². The van der Waals surface area contributed by atoms with Gasteiger partial charge in [-0.25, -0.2) is 0 Å². The fraction of sp³-hybridized carbons (Fsp3) is 0.647. The average Bonchev–Trinajstić information content (AvgIpc) is 2.92. The van der Waals surface area contributed by atoms with Crippen molar-refractivity contribution in [1.82, 2.24) is 10.2 Å². The lowest BCUT2D eigenvalue weighted by atomic mass is 10.1. The van der Waals surface area contributed by atoms with E-state index in [9.17, 15) is 0 Å². The van der Waals surface area contributed by atoms with Crippen molar-refractivity contribution in [3.05, 3.63) is 29.8 Å². The molecule has 1 aromatic rings. The molecule has 20 heavy (non-hydrogen) atoms. The molecule has 1 N–H and O–H groups in total. The van der Waals surface area contributed by atoms with Gasteiger partial charge >= 0.3 is 0 Å². The number of likely N-dealkylation sites (N-methyl/N-ethyl adjacent to an activating group) is 1. The lowest BCUT2D eigenvalue weighted by Gasteiger charge is -2.28. The Morgan fingerprint density at radius 3 is 2.45 bits per heavy atom. The molecule has 2 aliphatic rings. The molecule has 2 aliphatic heterocycles. The third-order valence-electron chi connectivity index (χ3n) is 4.64. The fourth-order valence-corrected chi connectivity index (χ4v) is 3.34. The second-order valence-electron chi connectivity index (χ2n) is 6.34. The summed E-state index contributed by atoms with van der Waals surface area (Å²) in [6.07, 6.45) is 5.37. The van der Waals surface area contributed by atoms with Gasteiger partial charge in [-0.2, -0.15) is 0 Å². The summed E-state index contributed by atoms with van der Waals surface area (Å²) in [7, 11) is 2.20. The maximum Gasteiger partial charge on any atom is 0.0366 e. The Morgan fingerprint density at radius 2 is 1.80 bits per heavy atom. The Morgan fingerprint density at radius 1 is 1.05 bits per heavy atom. The molecule has 1 atom stereocenters. The van der Waals surface area contributed by atoms with Crippen LogP contribution in [0, 0.1) is 0 Å². The minimum Gasteiger partial charge on any atom is -0.372 e. The number of anilines is 1. The largest absolute Gasteiger partial charge is 0.372 e. The first-order valence-corrected chi connectivity index (χ1v) is 8.07. The van der Waals surface area contributed by atoms with Crippen molar-refractivity contribution in [2.45, 2.75) is 38.3 Å². The van der Waals surface area contributed by atoms with E-state index in [0.29, 0.717) is 6.04 Å². The summed E-state index contributed by atoms with van der Waals surface area (Å²) >= 11 is 0. The van der Waals surface area contributed by atoms with Crippen LogP contribution in [0.2, 0.25) is 0 Å². The third kappa shape index (κ3) is 3.53. The van der Waals surface area contributed by atoms with E-state index in [1.165, 1.54) is 63.1 Å². The molecule has 0 saturated carbocycles. The van der Waals surface area contributed by atoms with Crippen molar-refractivity contribution in [2.75, 3.05) is 38.1 Å². The normalized spacial score (nSPS) is 24.2. The number of piperidine rings is 1. The Balaban J connectivity index is 1.50. The van der Waals surface area contributed by atoms with Gasteiger partial charge in [-0.1, -0.05) is 12.1 Å². The Bertz CT molecular complexity index is 409. The van der Waals surface area contributed by atoms with E-state index in [1.807, 2.05) is 0 Å². The summed E-state index contributed by atoms with van der Waals surface area (Å²) < 4.78 is 0. The predicted molar refractivity (Wildman–Crippen MR) is 85.2 cm³/mol. The van der Waals surface area contributed by atoms with E-state index in [1.54, 1.807) is 0 Å². The van der Waals surface area contributed by atoms with Gasteiger partial charge in [-0.15, -0.1) is 0 Å². The van der Waals surface area contributed by atoms with Gasteiger partial charge in [0.15, 0.2) is 0 Å². The molecular formula is C17H27N3. The second-order valence-corrected chi connectivity index (χ2v) is 6.34. The molecule has 2 heterocycles. The Labute approximate surface area is 123 Å². The molecule has 2 saturated heterocycles. The predicted octanol–water partition coefficient (Wildman–Crippen LogP) is 2.47. The van der Waals surface area contributed by atoms with Crippen LogP contribution in [0.25, 0.3) is 0 Å². The van der Waals surface area contributed by atoms with Crippen LogP contribution in [0.5, 0.6) is 0 Å². The number of rotatable bonds is 4. The highest BCUT2D eigenvalue weighted by Gasteiger charge is 2.18. The molecule has 3 nitrogen and oxygen atoms in total. The highest BCUT2D eigenvalue weighted by molar-refractivity contribution is 5.47. The van der Waals surface area contributed by atoms with Crippen molar-refractivity contribution in [3.8, 4) is 0 Å². The summed E-state index contributed by atoms with van der Waals surface area (Å²) in [5.41, 5.74) is 2.80. The van der Waals surface area contributed by atoms with Crippen LogP contribution in [-0.2, 0) is 6.54 Å². The standard InChI is InChI=1S/C17H27N3/c1-19-12-9-16(14-19)18-13-15-5-7-17(8-6-15)20-10-3-2-4-11-20/h5-8,16,18H,2-4,9-14H2,1H3. The lowest BCUT2D eigenvalue weighted by molar-refractivity contribution is 0.397. The van der Waals surface area contributed by atoms with E-state index in [0.717, 1.165) is 6.54 Å². The number of hydrogen-bond acceptors (Lipinski definition) is 3. The number of hydrogen-bond donors (Lipinski definition) is 1. The minimum atomic E-state index is 0.668. The van der Waals surface area contributed by atoms with Crippen molar-refractivity contribution in [2.24, 2.45) is 0 Å². The van der Waals surface area contributed by atoms with Crippen LogP contribution in [0.1, 0.15) is 31.2 Å². The summed E-state index contributed by atoms with van der Waals surface area (Å²) in [6, 6.07) is 9.83. The van der Waals surface area contributed by atoms with Crippen LogP contribution in [0.15, 0.2) is 24.3 Å². The van der Waals surface area contributed by atoms with E-state index >= 15 is 0 Å². The van der Waals surface area contributed by atoms with Gasteiger partial charge in [0.05, 0.1) is 0 Å². The van der Waals surface area contributed by atoms with Crippen LogP contribution >= 0.6 is 0 Å². The number of benzene rings is 1. The van der Waals surface area contributed by atoms with Crippen molar-refractivity contribution in [3.63, 3.8) is 0 Å². The second kappa shape index (κ2) is 6.59. The van der Waals surface area contributed by atoms with Crippen molar-refractivity contribution in [1.29, 1.82) is 0 Å². The molecule has 3 rings (SSSR count). The Kier molecular flexibility index (Phi) is 4.58. The smallest absolute Gasteiger partial charge is 0.0366 e. The van der Waals surface area contributed by atoms with Crippen LogP contribution in [0.4, 0.5) is 5.69 Å². The maximum atomic E-state index is 3.67. The van der Waals surface area contributed by atoms with Crippen LogP contribution in [0.3, 0.4) is 0 Å². The molecule has 0 spiro atoms. The first-order valence-electron chi connectivity index (χ1n) is 8.07. The highest BCUT2D eigenvalue weighted by Crippen LogP contribution is 2.20. The molecular weight excluding hydrogens is 246 g/mol. The molecule has 2 fully saturated rings. The van der Waals surface area contributed by atoms with E-state index < -0.39 is 0 Å². The molecule has 0 amide bonds. The topological polar surface area (TPSA) is 18.5 Å². The third-order valence-corrected chi connectivity index (χ3v) is 4.64. The lowest BCUT2D eigenvalue weighted by Crippen LogP contribution is -2.31. The van der Waals surface area contributed by atoms with E-state index in [-0.39, 0.29) is 0 Å². The zero-order valence-corrected chi connectivity index (χ0v) is 12.6. The molecule has 110 valence electrons. The summed E-state index contributed by atoms with van der Waals surface area (Å²) in [5.74, 6) is 0. The van der Waals surface area contributed by atoms with Gasteiger partial charge < -0.3 is 15.1 Å². The fourth-order valence-electron chi connectivity index (χ4n) is 3.34. The summed E-state index contributed by atoms with van der Waals surface area (Å²) in [4.78, 5) is 4.92. The molecule has 0 aliphatic carbocycles. The van der Waals surface area contributed by atoms with Crippen molar-refractivity contribution >= 4 is 5.69 Å². The number of likely N-dealkylation sites (tertiary alicyclic amines) is 1. The van der Waals surface area contributed by atoms with Gasteiger partial charge in [0.2, 0.25) is 0 Å². The molecule has 3 heteroatoms. The molecule has 1 aromatic carbocycles. The first kappa shape index (κ1) is 13.9. The number of nitrogens with one attached hydrogen (secondary N) is 1. The summed E-state index contributed by atoms with van der Waals surface area (Å²) in [5, 5.41) is 3.67. The quantitative estimate of drug-likeness (QED) is 0.909. The molecule has 0 radical (unpaired) electrons. The highest BCUT2D eigenvalue weighted by atomic mass is 15.2. The SMILES string of the molecule is CN1CCC(NCc2ccc(N3CCCCC3)cc2)C1. The molecule has 1 unspecified atom stereocenters. The zero-order valence-electron chi connectivity index (χ0n) is 12.6. The first-order chi connectivity index (χ1) is 9.81. The van der Waals surface area contributed by atoms with Gasteiger partial charge in [0, 0.05) is 37.9 Å². The van der Waals surface area contributed by atoms with Gasteiger partial charge in [-0.05, 0) is 57.0 Å². The maximum absolute atomic E-state index is 3.67. The van der Waals surface area contributed by atoms with Gasteiger partial charge in [-0.3, -0.25) is 0 Å². The van der Waals surface area contributed by atoms with E-state index in [2.05, 4.69) is 46.4 Å². The van der Waals surface area contributed by atoms with E-state index in [4.69, 9.17) is 0 Å². The molecule has 0 aromatic heterocycles. The molecule has 0 bridgehead atoms. The number of nitrogens with zero attached hydrogens (tertiary/aromatic N) is 2. The Hall–Kier alpha value is -1.06. The van der Waals surface area contributed by atoms with Crippen molar-refractivity contribution < 1.29 is 0 Å². The zero-order chi connectivity index (χ0) is 13.8. The van der Waals surface area contributed by atoms with Crippen LogP contribution in [-0.4, -0.2) is 44.2 Å². The average molecular weight is 273 g/mol. The van der Waals surface area contributed by atoms with Crippen LogP contribution < -0.4 is 10.2 Å². The monoisotopic (exact) mass is 273 g/mol. The van der Waals surface area contributed by atoms with Gasteiger partial charge in [0.1, 0.15) is 0 Å². The minimum absolute atomic E-state index is 0.668. The summed E-state index contributed by atoms with van der Waals surface area (Å²) in [6.45, 7) is 5.87.